The number of hydrogen-bond donors (Lipinski definition) is 0. The second-order valence-corrected chi connectivity index (χ2v) is 4.78. The maximum Gasteiger partial charge on any atom is 0.307 e. The molecule has 19 heavy (non-hydrogen) atoms. The third-order valence-electron chi connectivity index (χ3n) is 2.81. The Morgan fingerprint density at radius 1 is 1.37 bits per heavy atom. The number of carbonyl (C=O) groups is 2. The summed E-state index contributed by atoms with van der Waals surface area (Å²) in [7, 11) is 1.34. The molecule has 0 aliphatic heterocycles. The molecule has 0 atom stereocenters. The molecule has 0 N–H and O–H groups in total. The summed E-state index contributed by atoms with van der Waals surface area (Å²) in [5.41, 5.74) is 0. The van der Waals surface area contributed by atoms with Crippen molar-refractivity contribution in [3.05, 3.63) is 24.2 Å². The van der Waals surface area contributed by atoms with Gasteiger partial charge in [-0.2, -0.15) is 0 Å². The molecule has 0 spiro atoms. The summed E-state index contributed by atoms with van der Waals surface area (Å²) < 4.78 is 9.71. The van der Waals surface area contributed by atoms with Crippen LogP contribution in [0.3, 0.4) is 0 Å². The lowest BCUT2D eigenvalue weighted by molar-refractivity contribution is -0.140. The molecule has 0 radical (unpaired) electrons. The first kappa shape index (κ1) is 15.3. The van der Waals surface area contributed by atoms with Gasteiger partial charge in [0.05, 0.1) is 19.8 Å². The summed E-state index contributed by atoms with van der Waals surface area (Å²) in [6.45, 7) is 5.14. The van der Waals surface area contributed by atoms with Gasteiger partial charge >= 0.3 is 5.97 Å². The highest BCUT2D eigenvalue weighted by atomic mass is 16.5. The molecule has 0 aromatic carbocycles. The quantitative estimate of drug-likeness (QED) is 0.711. The van der Waals surface area contributed by atoms with Crippen molar-refractivity contribution in [2.24, 2.45) is 5.92 Å². The molecule has 1 amide bonds. The van der Waals surface area contributed by atoms with Crippen molar-refractivity contribution in [3.63, 3.8) is 0 Å². The summed E-state index contributed by atoms with van der Waals surface area (Å²) in [5.74, 6) is 0.287. The molecule has 0 unspecified atom stereocenters. The van der Waals surface area contributed by atoms with Crippen LogP contribution >= 0.6 is 0 Å². The zero-order valence-electron chi connectivity index (χ0n) is 11.7. The molecule has 0 bridgehead atoms. The van der Waals surface area contributed by atoms with Crippen LogP contribution in [-0.4, -0.2) is 37.0 Å². The largest absolute Gasteiger partial charge is 0.469 e. The predicted molar refractivity (Wildman–Crippen MR) is 70.7 cm³/mol. The molecule has 1 aromatic heterocycles. The fourth-order valence-electron chi connectivity index (χ4n) is 1.61. The van der Waals surface area contributed by atoms with Crippen molar-refractivity contribution < 1.29 is 18.7 Å². The summed E-state index contributed by atoms with van der Waals surface area (Å²) in [5, 5.41) is 0. The third-order valence-corrected chi connectivity index (χ3v) is 2.81. The number of methoxy groups -OCH3 is 1. The molecule has 0 aliphatic carbocycles. The standard InChI is InChI=1S/C14H21NO4/c1-11(2)6-8-15(9-7-13(16)18-3)14(17)12-5-4-10-19-12/h4-5,10-11H,6-9H2,1-3H3. The van der Waals surface area contributed by atoms with Crippen LogP contribution in [0.15, 0.2) is 22.8 Å². The van der Waals surface area contributed by atoms with E-state index in [2.05, 4.69) is 18.6 Å². The van der Waals surface area contributed by atoms with Crippen LogP contribution in [-0.2, 0) is 9.53 Å². The van der Waals surface area contributed by atoms with Gasteiger partial charge in [-0.05, 0) is 24.5 Å². The van der Waals surface area contributed by atoms with E-state index in [4.69, 9.17) is 4.42 Å². The van der Waals surface area contributed by atoms with E-state index >= 15 is 0 Å². The molecule has 0 aliphatic rings. The third kappa shape index (κ3) is 5.16. The monoisotopic (exact) mass is 267 g/mol. The smallest absolute Gasteiger partial charge is 0.307 e. The minimum Gasteiger partial charge on any atom is -0.469 e. The van der Waals surface area contributed by atoms with Gasteiger partial charge in [0.25, 0.3) is 5.91 Å². The van der Waals surface area contributed by atoms with Gasteiger partial charge in [0.15, 0.2) is 5.76 Å². The van der Waals surface area contributed by atoms with Crippen molar-refractivity contribution >= 4 is 11.9 Å². The minimum atomic E-state index is -0.318. The topological polar surface area (TPSA) is 59.8 Å². The minimum absolute atomic E-state index is 0.186. The number of nitrogens with zero attached hydrogens (tertiary/aromatic N) is 1. The fourth-order valence-corrected chi connectivity index (χ4v) is 1.61. The summed E-state index contributed by atoms with van der Waals surface area (Å²) >= 11 is 0. The zero-order chi connectivity index (χ0) is 14.3. The van der Waals surface area contributed by atoms with Crippen molar-refractivity contribution in [2.75, 3.05) is 20.2 Å². The average molecular weight is 267 g/mol. The van der Waals surface area contributed by atoms with Crippen LogP contribution in [0.25, 0.3) is 0 Å². The molecule has 106 valence electrons. The van der Waals surface area contributed by atoms with Gasteiger partial charge < -0.3 is 14.1 Å². The Morgan fingerprint density at radius 2 is 2.11 bits per heavy atom. The molecule has 0 saturated heterocycles. The lowest BCUT2D eigenvalue weighted by Crippen LogP contribution is -2.34. The number of hydrogen-bond acceptors (Lipinski definition) is 4. The van der Waals surface area contributed by atoms with Crippen molar-refractivity contribution in [1.82, 2.24) is 4.90 Å². The molecule has 0 saturated carbocycles. The van der Waals surface area contributed by atoms with Crippen LogP contribution in [0.5, 0.6) is 0 Å². The molecular formula is C14H21NO4. The summed E-state index contributed by atoms with van der Waals surface area (Å²) in [4.78, 5) is 25.0. The Bertz CT molecular complexity index is 398. The summed E-state index contributed by atoms with van der Waals surface area (Å²) in [6, 6.07) is 3.30. The van der Waals surface area contributed by atoms with E-state index in [9.17, 15) is 9.59 Å². The van der Waals surface area contributed by atoms with Gasteiger partial charge in [0.2, 0.25) is 0 Å². The highest BCUT2D eigenvalue weighted by Gasteiger charge is 2.19. The van der Waals surface area contributed by atoms with Crippen molar-refractivity contribution in [2.45, 2.75) is 26.7 Å². The van der Waals surface area contributed by atoms with Gasteiger partial charge in [0, 0.05) is 13.1 Å². The molecule has 5 nitrogen and oxygen atoms in total. The number of rotatable bonds is 7. The van der Waals surface area contributed by atoms with Gasteiger partial charge in [-0.25, -0.2) is 0 Å². The van der Waals surface area contributed by atoms with Crippen LogP contribution in [0.1, 0.15) is 37.2 Å². The zero-order valence-corrected chi connectivity index (χ0v) is 11.7. The number of esters is 1. The number of carbonyl (C=O) groups excluding carboxylic acids is 2. The first-order valence-electron chi connectivity index (χ1n) is 6.44. The molecule has 1 rings (SSSR count). The first-order valence-corrected chi connectivity index (χ1v) is 6.44. The Morgan fingerprint density at radius 3 is 2.63 bits per heavy atom. The Kier molecular flexibility index (Phi) is 6.12. The maximum atomic E-state index is 12.2. The predicted octanol–water partition coefficient (Wildman–Crippen LogP) is 2.33. The van der Waals surface area contributed by atoms with E-state index in [0.717, 1.165) is 6.42 Å². The van der Waals surface area contributed by atoms with Crippen LogP contribution in [0, 0.1) is 5.92 Å². The maximum absolute atomic E-state index is 12.2. The van der Waals surface area contributed by atoms with Gasteiger partial charge in [-0.1, -0.05) is 13.8 Å². The normalized spacial score (nSPS) is 10.5. The number of furan rings is 1. The molecular weight excluding hydrogens is 246 g/mol. The highest BCUT2D eigenvalue weighted by molar-refractivity contribution is 5.91. The number of amides is 1. The fraction of sp³-hybridized carbons (Fsp3) is 0.571. The first-order chi connectivity index (χ1) is 9.04. The highest BCUT2D eigenvalue weighted by Crippen LogP contribution is 2.10. The average Bonchev–Trinajstić information content (AvgIpc) is 2.91. The summed E-state index contributed by atoms with van der Waals surface area (Å²) in [6.07, 6.45) is 2.54. The van der Waals surface area contributed by atoms with Gasteiger partial charge in [-0.3, -0.25) is 9.59 Å². The van der Waals surface area contributed by atoms with Gasteiger partial charge in [0.1, 0.15) is 0 Å². The molecule has 5 heteroatoms. The van der Waals surface area contributed by atoms with Crippen molar-refractivity contribution in [1.29, 1.82) is 0 Å². The van der Waals surface area contributed by atoms with E-state index in [-0.39, 0.29) is 18.3 Å². The Balaban J connectivity index is 2.62. The van der Waals surface area contributed by atoms with Crippen LogP contribution in [0.4, 0.5) is 0 Å². The second-order valence-electron chi connectivity index (χ2n) is 4.78. The van der Waals surface area contributed by atoms with E-state index < -0.39 is 0 Å². The van der Waals surface area contributed by atoms with Crippen molar-refractivity contribution in [3.8, 4) is 0 Å². The van der Waals surface area contributed by atoms with E-state index in [1.807, 2.05) is 0 Å². The van der Waals surface area contributed by atoms with E-state index in [1.165, 1.54) is 13.4 Å². The lowest BCUT2D eigenvalue weighted by Gasteiger charge is -2.22. The lowest BCUT2D eigenvalue weighted by atomic mass is 10.1. The Hall–Kier alpha value is -1.78. The van der Waals surface area contributed by atoms with Gasteiger partial charge in [-0.15, -0.1) is 0 Å². The second kappa shape index (κ2) is 7.61. The number of ether oxygens (including phenoxy) is 1. The van der Waals surface area contributed by atoms with E-state index in [0.29, 0.717) is 24.8 Å². The molecule has 1 aromatic rings. The molecule has 0 fully saturated rings. The molecule has 1 heterocycles. The Labute approximate surface area is 113 Å². The van der Waals surface area contributed by atoms with Crippen LogP contribution < -0.4 is 0 Å². The van der Waals surface area contributed by atoms with Crippen LogP contribution in [0.2, 0.25) is 0 Å². The SMILES string of the molecule is COC(=O)CCN(CCC(C)C)C(=O)c1ccco1. The van der Waals surface area contributed by atoms with E-state index in [1.54, 1.807) is 17.0 Å².